The van der Waals surface area contributed by atoms with Crippen LogP contribution in [0.2, 0.25) is 0 Å². The van der Waals surface area contributed by atoms with Crippen LogP contribution in [0, 0.1) is 24.0 Å². The molecule has 0 fully saturated rings. The van der Waals surface area contributed by atoms with Crippen LogP contribution in [0.5, 0.6) is 0 Å². The van der Waals surface area contributed by atoms with E-state index in [1.54, 1.807) is 6.07 Å². The largest absolute Gasteiger partial charge is 0.452 e. The van der Waals surface area contributed by atoms with E-state index in [4.69, 9.17) is 9.15 Å². The number of amides is 1. The van der Waals surface area contributed by atoms with E-state index in [1.165, 1.54) is 18.2 Å². The highest BCUT2D eigenvalue weighted by Gasteiger charge is 2.11. The second kappa shape index (κ2) is 7.91. The van der Waals surface area contributed by atoms with Gasteiger partial charge in [-0.2, -0.15) is 0 Å². The highest BCUT2D eigenvalue weighted by molar-refractivity contribution is 5.95. The summed E-state index contributed by atoms with van der Waals surface area (Å²) in [6, 6.07) is 8.01. The Bertz CT molecular complexity index is 837. The van der Waals surface area contributed by atoms with Gasteiger partial charge < -0.3 is 14.5 Å². The monoisotopic (exact) mass is 344 g/mol. The molecule has 25 heavy (non-hydrogen) atoms. The van der Waals surface area contributed by atoms with Crippen molar-refractivity contribution in [2.75, 3.05) is 11.9 Å². The lowest BCUT2D eigenvalue weighted by molar-refractivity contribution is -0.402. The molecule has 2 rings (SSSR count). The zero-order chi connectivity index (χ0) is 18.4. The molecule has 0 bridgehead atoms. The fraction of sp³-hybridized carbons (Fsp3) is 0.176. The van der Waals surface area contributed by atoms with Crippen molar-refractivity contribution in [3.05, 3.63) is 63.4 Å². The zero-order valence-electron chi connectivity index (χ0n) is 13.6. The molecule has 2 aromatic rings. The molecule has 0 saturated heterocycles. The van der Waals surface area contributed by atoms with Gasteiger partial charge in [0.2, 0.25) is 0 Å². The maximum atomic E-state index is 11.8. The molecule has 0 saturated carbocycles. The number of furan rings is 1. The molecule has 0 atom stereocenters. The third kappa shape index (κ3) is 5.03. The predicted octanol–water partition coefficient (Wildman–Crippen LogP) is 3.00. The molecule has 0 unspecified atom stereocenters. The van der Waals surface area contributed by atoms with Crippen LogP contribution in [0.1, 0.15) is 16.9 Å². The Morgan fingerprint density at radius 1 is 1.28 bits per heavy atom. The summed E-state index contributed by atoms with van der Waals surface area (Å²) >= 11 is 0. The van der Waals surface area contributed by atoms with Gasteiger partial charge in [-0.3, -0.25) is 14.9 Å². The number of nitro groups is 1. The Labute approximate surface area is 143 Å². The highest BCUT2D eigenvalue weighted by atomic mass is 16.6. The first-order valence-corrected chi connectivity index (χ1v) is 7.32. The third-order valence-corrected chi connectivity index (χ3v) is 3.40. The topological polar surface area (TPSA) is 112 Å². The number of benzene rings is 1. The molecular formula is C17H16N2O6. The number of ether oxygens (including phenoxy) is 1. The van der Waals surface area contributed by atoms with Crippen LogP contribution in [0.25, 0.3) is 6.08 Å². The van der Waals surface area contributed by atoms with Crippen LogP contribution in [0.4, 0.5) is 11.6 Å². The average molecular weight is 344 g/mol. The van der Waals surface area contributed by atoms with Crippen molar-refractivity contribution in [1.29, 1.82) is 0 Å². The normalized spacial score (nSPS) is 10.6. The van der Waals surface area contributed by atoms with Gasteiger partial charge in [-0.1, -0.05) is 12.1 Å². The van der Waals surface area contributed by atoms with Crippen molar-refractivity contribution < 1.29 is 23.7 Å². The molecule has 1 heterocycles. The van der Waals surface area contributed by atoms with Crippen molar-refractivity contribution in [3.63, 3.8) is 0 Å². The van der Waals surface area contributed by atoms with Gasteiger partial charge in [0.1, 0.15) is 10.7 Å². The van der Waals surface area contributed by atoms with Crippen molar-refractivity contribution in [1.82, 2.24) is 0 Å². The van der Waals surface area contributed by atoms with Crippen molar-refractivity contribution in [3.8, 4) is 0 Å². The molecule has 130 valence electrons. The van der Waals surface area contributed by atoms with Crippen molar-refractivity contribution in [2.45, 2.75) is 13.8 Å². The van der Waals surface area contributed by atoms with E-state index in [0.29, 0.717) is 5.69 Å². The number of nitrogens with one attached hydrogen (secondary N) is 1. The van der Waals surface area contributed by atoms with Gasteiger partial charge >= 0.3 is 11.9 Å². The summed E-state index contributed by atoms with van der Waals surface area (Å²) in [7, 11) is 0. The Morgan fingerprint density at radius 3 is 2.72 bits per heavy atom. The number of carbonyl (C=O) groups is 2. The van der Waals surface area contributed by atoms with Crippen LogP contribution < -0.4 is 5.32 Å². The fourth-order valence-corrected chi connectivity index (χ4v) is 1.94. The first-order valence-electron chi connectivity index (χ1n) is 7.32. The van der Waals surface area contributed by atoms with Gasteiger partial charge in [-0.25, -0.2) is 4.79 Å². The molecule has 1 amide bonds. The minimum Gasteiger partial charge on any atom is -0.452 e. The predicted molar refractivity (Wildman–Crippen MR) is 89.9 cm³/mol. The van der Waals surface area contributed by atoms with E-state index >= 15 is 0 Å². The van der Waals surface area contributed by atoms with Crippen LogP contribution >= 0.6 is 0 Å². The number of rotatable bonds is 6. The van der Waals surface area contributed by atoms with Gasteiger partial charge in [-0.15, -0.1) is 0 Å². The molecule has 0 spiro atoms. The lowest BCUT2D eigenvalue weighted by Gasteiger charge is -2.10. The summed E-state index contributed by atoms with van der Waals surface area (Å²) < 4.78 is 9.66. The molecule has 0 aliphatic rings. The van der Waals surface area contributed by atoms with Gasteiger partial charge in [0.05, 0.1) is 6.07 Å². The summed E-state index contributed by atoms with van der Waals surface area (Å²) in [5, 5.41) is 13.1. The molecule has 0 radical (unpaired) electrons. The van der Waals surface area contributed by atoms with E-state index in [9.17, 15) is 19.7 Å². The number of aryl methyl sites for hydroxylation is 1. The average Bonchev–Trinajstić information content (AvgIpc) is 3.04. The standard InChI is InChI=1S/C17H16N2O6/c1-11-4-3-5-14(12(11)2)18-15(20)10-24-17(21)9-7-13-6-8-16(25-13)19(22)23/h3-9H,10H2,1-2H3,(H,18,20)/b9-7+. The molecule has 0 aliphatic carbocycles. The SMILES string of the molecule is Cc1cccc(NC(=O)COC(=O)/C=C/c2ccc([N+](=O)[O-])o2)c1C. The number of hydrogen-bond acceptors (Lipinski definition) is 6. The summed E-state index contributed by atoms with van der Waals surface area (Å²) in [6.45, 7) is 3.35. The lowest BCUT2D eigenvalue weighted by Crippen LogP contribution is -2.20. The van der Waals surface area contributed by atoms with Crippen molar-refractivity contribution >= 4 is 29.5 Å². The third-order valence-electron chi connectivity index (χ3n) is 3.40. The molecule has 8 heteroatoms. The maximum Gasteiger partial charge on any atom is 0.433 e. The molecule has 1 N–H and O–H groups in total. The van der Waals surface area contributed by atoms with Gasteiger partial charge in [0.15, 0.2) is 6.61 Å². The Hall–Kier alpha value is -3.42. The zero-order valence-corrected chi connectivity index (χ0v) is 13.6. The quantitative estimate of drug-likeness (QED) is 0.373. The van der Waals surface area contributed by atoms with Gasteiger partial charge in [0, 0.05) is 11.8 Å². The van der Waals surface area contributed by atoms with Crippen LogP contribution in [0.15, 0.2) is 40.8 Å². The molecule has 1 aromatic heterocycles. The van der Waals surface area contributed by atoms with Crippen LogP contribution in [-0.2, 0) is 14.3 Å². The molecule has 8 nitrogen and oxygen atoms in total. The van der Waals surface area contributed by atoms with Crippen LogP contribution in [-0.4, -0.2) is 23.4 Å². The van der Waals surface area contributed by atoms with E-state index in [1.807, 2.05) is 26.0 Å². The minimum atomic E-state index is -0.768. The van der Waals surface area contributed by atoms with E-state index in [0.717, 1.165) is 17.2 Å². The van der Waals surface area contributed by atoms with Crippen molar-refractivity contribution in [2.24, 2.45) is 0 Å². The Morgan fingerprint density at radius 2 is 2.04 bits per heavy atom. The maximum absolute atomic E-state index is 11.8. The van der Waals surface area contributed by atoms with E-state index < -0.39 is 29.3 Å². The smallest absolute Gasteiger partial charge is 0.433 e. The minimum absolute atomic E-state index is 0.128. The Balaban J connectivity index is 1.84. The molecule has 0 aliphatic heterocycles. The second-order valence-corrected chi connectivity index (χ2v) is 5.17. The van der Waals surface area contributed by atoms with E-state index in [-0.39, 0.29) is 5.76 Å². The second-order valence-electron chi connectivity index (χ2n) is 5.17. The summed E-state index contributed by atoms with van der Waals surface area (Å²) in [6.07, 6.45) is 2.24. The number of anilines is 1. The summed E-state index contributed by atoms with van der Waals surface area (Å²) in [4.78, 5) is 33.2. The number of nitrogens with zero attached hydrogens (tertiary/aromatic N) is 1. The summed E-state index contributed by atoms with van der Waals surface area (Å²) in [5.41, 5.74) is 2.62. The van der Waals surface area contributed by atoms with E-state index in [2.05, 4.69) is 5.32 Å². The number of carbonyl (C=O) groups excluding carboxylic acids is 2. The first kappa shape index (κ1) is 17.9. The fourth-order valence-electron chi connectivity index (χ4n) is 1.94. The van der Waals surface area contributed by atoms with Gasteiger partial charge in [0.25, 0.3) is 5.91 Å². The molecular weight excluding hydrogens is 328 g/mol. The Kier molecular flexibility index (Phi) is 5.67. The first-order chi connectivity index (χ1) is 11.9. The lowest BCUT2D eigenvalue weighted by atomic mass is 10.1. The molecule has 1 aromatic carbocycles. The number of esters is 1. The highest BCUT2D eigenvalue weighted by Crippen LogP contribution is 2.18. The number of hydrogen-bond donors (Lipinski definition) is 1. The van der Waals surface area contributed by atoms with Crippen LogP contribution in [0.3, 0.4) is 0 Å². The van der Waals surface area contributed by atoms with Gasteiger partial charge in [-0.05, 0) is 43.2 Å². The summed E-state index contributed by atoms with van der Waals surface area (Å²) in [5.74, 6) is -1.54.